The van der Waals surface area contributed by atoms with Gasteiger partial charge >= 0.3 is 5.97 Å². The fraction of sp³-hybridized carbons (Fsp3) is 0.188. The molecule has 0 saturated carbocycles. The molecule has 0 spiro atoms. The topological polar surface area (TPSA) is 88.4 Å². The van der Waals surface area contributed by atoms with E-state index >= 15 is 0 Å². The van der Waals surface area contributed by atoms with Gasteiger partial charge in [-0.2, -0.15) is 0 Å². The van der Waals surface area contributed by atoms with E-state index in [0.717, 1.165) is 15.7 Å². The Hall–Kier alpha value is -2.89. The zero-order valence-electron chi connectivity index (χ0n) is 12.3. The van der Waals surface area contributed by atoms with Crippen LogP contribution >= 0.6 is 0 Å². The average Bonchev–Trinajstić information content (AvgIpc) is 2.46. The van der Waals surface area contributed by atoms with Crippen LogP contribution in [0.25, 0.3) is 0 Å². The van der Waals surface area contributed by atoms with Crippen molar-refractivity contribution in [3.8, 4) is 0 Å². The Morgan fingerprint density at radius 2 is 1.91 bits per heavy atom. The quantitative estimate of drug-likeness (QED) is 0.901. The molecule has 6 nitrogen and oxygen atoms in total. The van der Waals surface area contributed by atoms with E-state index in [-0.39, 0.29) is 12.1 Å². The number of aromatic nitrogens is 1. The van der Waals surface area contributed by atoms with Gasteiger partial charge in [0.05, 0.1) is 0 Å². The highest BCUT2D eigenvalue weighted by Gasteiger charge is 2.12. The van der Waals surface area contributed by atoms with E-state index in [0.29, 0.717) is 5.69 Å². The Morgan fingerprint density at radius 3 is 2.59 bits per heavy atom. The summed E-state index contributed by atoms with van der Waals surface area (Å²) in [4.78, 5) is 34.9. The van der Waals surface area contributed by atoms with Crippen molar-refractivity contribution in [2.45, 2.75) is 20.4 Å². The summed E-state index contributed by atoms with van der Waals surface area (Å²) in [5, 5.41) is 11.6. The van der Waals surface area contributed by atoms with Crippen LogP contribution < -0.4 is 10.9 Å². The molecule has 0 fully saturated rings. The van der Waals surface area contributed by atoms with E-state index in [1.54, 1.807) is 6.07 Å². The summed E-state index contributed by atoms with van der Waals surface area (Å²) in [6.45, 7) is 3.58. The van der Waals surface area contributed by atoms with Crippen LogP contribution in [0.2, 0.25) is 0 Å². The number of carbonyl (C=O) groups excluding carboxylic acids is 1. The smallest absolute Gasteiger partial charge is 0.341 e. The second-order valence-corrected chi connectivity index (χ2v) is 4.96. The number of aryl methyl sites for hydroxylation is 1. The second kappa shape index (κ2) is 6.26. The van der Waals surface area contributed by atoms with Crippen LogP contribution in [0.15, 0.2) is 41.3 Å². The van der Waals surface area contributed by atoms with E-state index in [1.807, 2.05) is 26.0 Å². The Labute approximate surface area is 127 Å². The van der Waals surface area contributed by atoms with Gasteiger partial charge in [-0.3, -0.25) is 9.59 Å². The first kappa shape index (κ1) is 15.5. The van der Waals surface area contributed by atoms with Crippen molar-refractivity contribution in [1.82, 2.24) is 4.57 Å². The summed E-state index contributed by atoms with van der Waals surface area (Å²) in [6, 6.07) is 8.18. The number of rotatable bonds is 4. The largest absolute Gasteiger partial charge is 0.477 e. The van der Waals surface area contributed by atoms with Gasteiger partial charge < -0.3 is 15.0 Å². The number of hydrogen-bond donors (Lipinski definition) is 2. The van der Waals surface area contributed by atoms with Gasteiger partial charge in [-0.05, 0) is 43.2 Å². The van der Waals surface area contributed by atoms with Gasteiger partial charge in [-0.25, -0.2) is 4.79 Å². The standard InChI is InChI=1S/C16H16N2O4/c1-10-5-3-7-13(11(10)2)17-14(19)9-18-8-4-6-12(15(18)20)16(21)22/h3-8H,9H2,1-2H3,(H,17,19)(H,21,22). The van der Waals surface area contributed by atoms with Crippen molar-refractivity contribution in [1.29, 1.82) is 0 Å². The van der Waals surface area contributed by atoms with Gasteiger partial charge in [-0.1, -0.05) is 12.1 Å². The molecule has 2 rings (SSSR count). The lowest BCUT2D eigenvalue weighted by Gasteiger charge is -2.11. The summed E-state index contributed by atoms with van der Waals surface area (Å²) in [7, 11) is 0. The summed E-state index contributed by atoms with van der Waals surface area (Å²) in [6.07, 6.45) is 1.39. The normalized spacial score (nSPS) is 10.3. The molecule has 1 heterocycles. The third kappa shape index (κ3) is 3.22. The number of nitrogens with one attached hydrogen (secondary N) is 1. The molecule has 0 saturated heterocycles. The molecule has 0 aliphatic rings. The molecule has 6 heteroatoms. The molecule has 0 aliphatic heterocycles. The molecule has 0 unspecified atom stereocenters. The highest BCUT2D eigenvalue weighted by Crippen LogP contribution is 2.17. The van der Waals surface area contributed by atoms with Crippen LogP contribution in [0.4, 0.5) is 5.69 Å². The monoisotopic (exact) mass is 300 g/mol. The first-order chi connectivity index (χ1) is 10.4. The Bertz CT molecular complexity index is 793. The molecule has 22 heavy (non-hydrogen) atoms. The van der Waals surface area contributed by atoms with Gasteiger partial charge in [0, 0.05) is 11.9 Å². The van der Waals surface area contributed by atoms with Gasteiger partial charge in [-0.15, -0.1) is 0 Å². The Balaban J connectivity index is 2.20. The predicted molar refractivity (Wildman–Crippen MR) is 82.2 cm³/mol. The third-order valence-corrected chi connectivity index (χ3v) is 3.44. The van der Waals surface area contributed by atoms with Crippen molar-refractivity contribution >= 4 is 17.6 Å². The van der Waals surface area contributed by atoms with Crippen LogP contribution in [0.1, 0.15) is 21.5 Å². The molecule has 2 aromatic rings. The van der Waals surface area contributed by atoms with Crippen LogP contribution in [-0.4, -0.2) is 21.6 Å². The summed E-state index contributed by atoms with van der Waals surface area (Å²) < 4.78 is 1.07. The minimum absolute atomic E-state index is 0.243. The zero-order chi connectivity index (χ0) is 16.3. The lowest BCUT2D eigenvalue weighted by Crippen LogP contribution is -2.30. The van der Waals surface area contributed by atoms with Gasteiger partial charge in [0.15, 0.2) is 0 Å². The molecule has 1 aromatic heterocycles. The number of amides is 1. The number of aromatic carboxylic acids is 1. The molecule has 1 amide bonds. The number of carboxylic acids is 1. The van der Waals surface area contributed by atoms with E-state index in [4.69, 9.17) is 5.11 Å². The van der Waals surface area contributed by atoms with E-state index in [1.165, 1.54) is 18.3 Å². The maximum Gasteiger partial charge on any atom is 0.341 e. The highest BCUT2D eigenvalue weighted by atomic mass is 16.4. The second-order valence-electron chi connectivity index (χ2n) is 4.96. The van der Waals surface area contributed by atoms with Crippen LogP contribution in [0, 0.1) is 13.8 Å². The maximum absolute atomic E-state index is 12.1. The van der Waals surface area contributed by atoms with Crippen molar-refractivity contribution in [3.63, 3.8) is 0 Å². The molecule has 0 atom stereocenters. The molecule has 1 aromatic carbocycles. The number of benzene rings is 1. The molecular formula is C16H16N2O4. The first-order valence-corrected chi connectivity index (χ1v) is 6.69. The van der Waals surface area contributed by atoms with Crippen molar-refractivity contribution in [2.75, 3.05) is 5.32 Å². The molecule has 2 N–H and O–H groups in total. The summed E-state index contributed by atoms with van der Waals surface area (Å²) in [5.74, 6) is -1.70. The van der Waals surface area contributed by atoms with Crippen molar-refractivity contribution in [2.24, 2.45) is 0 Å². The lowest BCUT2D eigenvalue weighted by atomic mass is 10.1. The fourth-order valence-corrected chi connectivity index (χ4v) is 2.06. The predicted octanol–water partition coefficient (Wildman–Crippen LogP) is 1.80. The number of hydrogen-bond acceptors (Lipinski definition) is 3. The zero-order valence-corrected chi connectivity index (χ0v) is 12.3. The first-order valence-electron chi connectivity index (χ1n) is 6.69. The van der Waals surface area contributed by atoms with Gasteiger partial charge in [0.2, 0.25) is 5.91 Å². The SMILES string of the molecule is Cc1cccc(NC(=O)Cn2cccc(C(=O)O)c2=O)c1C. The highest BCUT2D eigenvalue weighted by molar-refractivity contribution is 5.91. The minimum Gasteiger partial charge on any atom is -0.477 e. The number of carbonyl (C=O) groups is 2. The van der Waals surface area contributed by atoms with E-state index in [9.17, 15) is 14.4 Å². The Morgan fingerprint density at radius 1 is 1.18 bits per heavy atom. The van der Waals surface area contributed by atoms with Crippen LogP contribution in [0.3, 0.4) is 0 Å². The molecule has 0 radical (unpaired) electrons. The van der Waals surface area contributed by atoms with E-state index < -0.39 is 17.4 Å². The van der Waals surface area contributed by atoms with Crippen LogP contribution in [0.5, 0.6) is 0 Å². The number of pyridine rings is 1. The average molecular weight is 300 g/mol. The summed E-state index contributed by atoms with van der Waals surface area (Å²) >= 11 is 0. The van der Waals surface area contributed by atoms with Crippen molar-refractivity contribution in [3.05, 3.63) is 63.6 Å². The number of carboxylic acid groups (broad SMARTS) is 1. The van der Waals surface area contributed by atoms with Gasteiger partial charge in [0.25, 0.3) is 5.56 Å². The fourth-order valence-electron chi connectivity index (χ4n) is 2.06. The molecule has 0 bridgehead atoms. The number of nitrogens with zero attached hydrogens (tertiary/aromatic N) is 1. The maximum atomic E-state index is 12.1. The lowest BCUT2D eigenvalue weighted by molar-refractivity contribution is -0.116. The molecule has 0 aliphatic carbocycles. The molecule has 114 valence electrons. The Kier molecular flexibility index (Phi) is 4.41. The van der Waals surface area contributed by atoms with Gasteiger partial charge in [0.1, 0.15) is 12.1 Å². The minimum atomic E-state index is -1.31. The number of anilines is 1. The molecular weight excluding hydrogens is 284 g/mol. The third-order valence-electron chi connectivity index (χ3n) is 3.44. The van der Waals surface area contributed by atoms with E-state index in [2.05, 4.69) is 5.32 Å². The summed E-state index contributed by atoms with van der Waals surface area (Å²) in [5.41, 5.74) is 1.60. The van der Waals surface area contributed by atoms with Crippen LogP contribution in [-0.2, 0) is 11.3 Å². The van der Waals surface area contributed by atoms with Crippen molar-refractivity contribution < 1.29 is 14.7 Å².